The zero-order valence-electron chi connectivity index (χ0n) is 12.1. The third-order valence-corrected chi connectivity index (χ3v) is 3.83. The Balaban J connectivity index is 3.10. The van der Waals surface area contributed by atoms with Crippen LogP contribution in [0.15, 0.2) is 0 Å². The van der Waals surface area contributed by atoms with Crippen LogP contribution in [0.4, 0.5) is 10.5 Å². The van der Waals surface area contributed by atoms with E-state index < -0.39 is 29.9 Å². The van der Waals surface area contributed by atoms with Crippen molar-refractivity contribution in [3.05, 3.63) is 20.9 Å². The molecule has 0 aromatic carbocycles. The number of nitrogens with one attached hydrogen (secondary N) is 2. The molecule has 0 unspecified atom stereocenters. The lowest BCUT2D eigenvalue weighted by atomic mass is 10.1. The van der Waals surface area contributed by atoms with Gasteiger partial charge >= 0.3 is 17.7 Å². The molecular formula is C12H14Cl3N4O4+. The third kappa shape index (κ3) is 4.60. The Morgan fingerprint density at radius 3 is 2.22 bits per heavy atom. The highest BCUT2D eigenvalue weighted by Crippen LogP contribution is 2.32. The molecule has 1 heterocycles. The van der Waals surface area contributed by atoms with Crippen molar-refractivity contribution >= 4 is 58.4 Å². The second-order valence-corrected chi connectivity index (χ2v) is 5.91. The highest BCUT2D eigenvalue weighted by molar-refractivity contribution is 6.45. The molecule has 1 atom stereocenters. The van der Waals surface area contributed by atoms with E-state index in [2.05, 4.69) is 4.98 Å². The van der Waals surface area contributed by atoms with Gasteiger partial charge in [0.25, 0.3) is 11.1 Å². The van der Waals surface area contributed by atoms with Gasteiger partial charge in [0.05, 0.1) is 5.69 Å². The van der Waals surface area contributed by atoms with E-state index in [4.69, 9.17) is 51.0 Å². The number of halogens is 3. The summed E-state index contributed by atoms with van der Waals surface area (Å²) < 4.78 is 5.06. The Morgan fingerprint density at radius 2 is 1.74 bits per heavy atom. The van der Waals surface area contributed by atoms with Crippen molar-refractivity contribution in [1.29, 1.82) is 0 Å². The van der Waals surface area contributed by atoms with Gasteiger partial charge in [0.15, 0.2) is 6.10 Å². The third-order valence-electron chi connectivity index (χ3n) is 2.67. The Bertz CT molecular complexity index is 666. The van der Waals surface area contributed by atoms with Gasteiger partial charge in [0.2, 0.25) is 0 Å². The average Bonchev–Trinajstić information content (AvgIpc) is 2.44. The Morgan fingerprint density at radius 1 is 1.17 bits per heavy atom. The van der Waals surface area contributed by atoms with E-state index in [0.29, 0.717) is 0 Å². The number of aromatic amines is 1. The van der Waals surface area contributed by atoms with Crippen LogP contribution in [-0.4, -0.2) is 24.0 Å². The van der Waals surface area contributed by atoms with Crippen LogP contribution in [0.1, 0.15) is 24.3 Å². The van der Waals surface area contributed by atoms with Crippen molar-refractivity contribution in [3.8, 4) is 0 Å². The molecule has 11 heteroatoms. The van der Waals surface area contributed by atoms with Crippen LogP contribution in [0, 0.1) is 5.92 Å². The molecule has 1 rings (SSSR count). The first-order valence-corrected chi connectivity index (χ1v) is 7.36. The Labute approximate surface area is 146 Å². The Hall–Kier alpha value is -1.77. The molecule has 1 aromatic rings. The summed E-state index contributed by atoms with van der Waals surface area (Å²) in [5.74, 6) is -2.32. The van der Waals surface area contributed by atoms with Crippen molar-refractivity contribution in [2.75, 3.05) is 5.73 Å². The zero-order valence-corrected chi connectivity index (χ0v) is 14.3. The van der Waals surface area contributed by atoms with Gasteiger partial charge < -0.3 is 16.2 Å². The number of anilines is 1. The van der Waals surface area contributed by atoms with Crippen LogP contribution < -0.4 is 21.8 Å². The fourth-order valence-electron chi connectivity index (χ4n) is 1.57. The van der Waals surface area contributed by atoms with Crippen LogP contribution in [-0.2, 0) is 9.53 Å². The molecule has 3 amide bonds. The predicted octanol–water partition coefficient (Wildman–Crippen LogP) is 1.42. The van der Waals surface area contributed by atoms with Gasteiger partial charge in [-0.1, -0.05) is 37.0 Å². The number of hydrogen-bond donors (Lipinski definition) is 3. The van der Waals surface area contributed by atoms with E-state index in [1.807, 2.05) is 5.32 Å². The fraction of sp³-hybridized carbons (Fsp3) is 0.333. The lowest BCUT2D eigenvalue weighted by molar-refractivity contribution is -0.380. The second kappa shape index (κ2) is 7.67. The van der Waals surface area contributed by atoms with Crippen molar-refractivity contribution in [2.24, 2.45) is 11.7 Å². The molecule has 8 nitrogen and oxygen atoms in total. The first kappa shape index (κ1) is 19.3. The van der Waals surface area contributed by atoms with Crippen LogP contribution >= 0.6 is 34.8 Å². The number of H-pyrrole nitrogens is 1. The number of nitrogens with two attached hydrogens (primary N) is 2. The zero-order chi connectivity index (χ0) is 17.9. The molecule has 0 spiro atoms. The SMILES string of the molecule is CC(C)[C@H](OC(=O)c1[nH+]c(Cl)c(Cl)c(N)c1Cl)C(=O)NC(N)=O. The van der Waals surface area contributed by atoms with E-state index >= 15 is 0 Å². The highest BCUT2D eigenvalue weighted by atomic mass is 35.5. The molecule has 0 aliphatic heterocycles. The lowest BCUT2D eigenvalue weighted by Crippen LogP contribution is -2.46. The molecular weight excluding hydrogens is 371 g/mol. The molecule has 23 heavy (non-hydrogen) atoms. The first-order chi connectivity index (χ1) is 10.6. The number of imide groups is 1. The van der Waals surface area contributed by atoms with Crippen LogP contribution in [0.3, 0.4) is 0 Å². The number of esters is 1. The molecule has 1 aromatic heterocycles. The maximum Gasteiger partial charge on any atom is 0.406 e. The number of aromatic nitrogens is 1. The maximum absolute atomic E-state index is 12.2. The minimum atomic E-state index is -1.28. The van der Waals surface area contributed by atoms with Gasteiger partial charge in [0.1, 0.15) is 10.0 Å². The minimum absolute atomic E-state index is 0.0555. The lowest BCUT2D eigenvalue weighted by Gasteiger charge is -2.19. The van der Waals surface area contributed by atoms with Crippen molar-refractivity contribution in [1.82, 2.24) is 5.32 Å². The number of carbonyl (C=O) groups excluding carboxylic acids is 3. The largest absolute Gasteiger partial charge is 0.444 e. The summed E-state index contributed by atoms with van der Waals surface area (Å²) in [6.45, 7) is 3.21. The number of urea groups is 1. The van der Waals surface area contributed by atoms with Crippen molar-refractivity contribution in [2.45, 2.75) is 20.0 Å². The van der Waals surface area contributed by atoms with Crippen molar-refractivity contribution in [3.63, 3.8) is 0 Å². The summed E-state index contributed by atoms with van der Waals surface area (Å²) in [6.07, 6.45) is -1.28. The predicted molar refractivity (Wildman–Crippen MR) is 84.2 cm³/mol. The van der Waals surface area contributed by atoms with E-state index in [1.165, 1.54) is 0 Å². The van der Waals surface area contributed by atoms with Gasteiger partial charge in [0, 0.05) is 0 Å². The van der Waals surface area contributed by atoms with Crippen LogP contribution in [0.25, 0.3) is 0 Å². The summed E-state index contributed by atoms with van der Waals surface area (Å²) in [7, 11) is 0. The normalized spacial score (nSPS) is 11.9. The van der Waals surface area contributed by atoms with E-state index in [9.17, 15) is 14.4 Å². The first-order valence-electron chi connectivity index (χ1n) is 6.22. The molecule has 0 saturated heterocycles. The smallest absolute Gasteiger partial charge is 0.406 e. The Kier molecular flexibility index (Phi) is 6.43. The van der Waals surface area contributed by atoms with Gasteiger partial charge in [-0.3, -0.25) is 10.1 Å². The molecule has 0 radical (unpaired) electrons. The number of nitrogen functional groups attached to an aromatic ring is 1. The highest BCUT2D eigenvalue weighted by Gasteiger charge is 2.33. The summed E-state index contributed by atoms with van der Waals surface area (Å²) >= 11 is 17.5. The summed E-state index contributed by atoms with van der Waals surface area (Å²) in [5.41, 5.74) is 10.1. The van der Waals surface area contributed by atoms with Crippen molar-refractivity contribution < 1.29 is 24.1 Å². The molecule has 6 N–H and O–H groups in total. The molecule has 0 bridgehead atoms. The van der Waals surface area contributed by atoms with E-state index in [0.717, 1.165) is 0 Å². The number of primary amides is 1. The minimum Gasteiger partial charge on any atom is -0.444 e. The maximum atomic E-state index is 12.2. The quantitative estimate of drug-likeness (QED) is 0.532. The number of amides is 3. The number of pyridine rings is 1. The van der Waals surface area contributed by atoms with Gasteiger partial charge in [-0.25, -0.2) is 9.59 Å². The molecule has 0 saturated carbocycles. The van der Waals surface area contributed by atoms with E-state index in [-0.39, 0.29) is 26.6 Å². The number of rotatable bonds is 4. The topological polar surface area (TPSA) is 139 Å². The van der Waals surface area contributed by atoms with Crippen LogP contribution in [0.2, 0.25) is 15.2 Å². The number of hydrogen-bond acceptors (Lipinski definition) is 5. The fourth-order valence-corrected chi connectivity index (χ4v) is 2.17. The summed E-state index contributed by atoms with van der Waals surface area (Å²) in [5, 5.41) is 1.45. The van der Waals surface area contributed by atoms with Crippen LogP contribution in [0.5, 0.6) is 0 Å². The molecule has 0 fully saturated rings. The van der Waals surface area contributed by atoms with Gasteiger partial charge in [-0.15, -0.1) is 0 Å². The number of carbonyl (C=O) groups is 3. The number of ether oxygens (including phenoxy) is 1. The van der Waals surface area contributed by atoms with Gasteiger partial charge in [-0.05, 0) is 17.5 Å². The average molecular weight is 385 g/mol. The summed E-state index contributed by atoms with van der Waals surface area (Å²) in [4.78, 5) is 37.2. The summed E-state index contributed by atoms with van der Waals surface area (Å²) in [6, 6.07) is -1.07. The second-order valence-electron chi connectivity index (χ2n) is 4.78. The van der Waals surface area contributed by atoms with E-state index in [1.54, 1.807) is 13.8 Å². The molecule has 0 aliphatic rings. The molecule has 0 aliphatic carbocycles. The standard InChI is InChI=1S/C12H13Cl3N4O4/c1-3(2)8(10(20)19-12(17)22)23-11(21)7-4(13)6(16)5(14)9(15)18-7/h3,8H,1-2H3,(H2,16,18)(H3,17,19,20,22)/p+1/t8-/m0/s1. The molecule has 126 valence electrons. The van der Waals surface area contributed by atoms with Gasteiger partial charge in [-0.2, -0.15) is 4.98 Å². The monoisotopic (exact) mass is 383 g/mol.